The number of hydrogen-bond donors (Lipinski definition) is 1. The van der Waals surface area contributed by atoms with E-state index < -0.39 is 0 Å². The van der Waals surface area contributed by atoms with E-state index in [1.54, 1.807) is 24.3 Å². The van der Waals surface area contributed by atoms with Gasteiger partial charge in [-0.1, -0.05) is 11.6 Å². The first-order valence-corrected chi connectivity index (χ1v) is 6.42. The van der Waals surface area contributed by atoms with Crippen LogP contribution in [-0.4, -0.2) is 5.91 Å². The van der Waals surface area contributed by atoms with Gasteiger partial charge in [0.15, 0.2) is 0 Å². The van der Waals surface area contributed by atoms with Gasteiger partial charge < -0.3 is 5.32 Å². The third-order valence-electron chi connectivity index (χ3n) is 2.38. The average molecular weight is 277 g/mol. The van der Waals surface area contributed by atoms with Gasteiger partial charge in [0.25, 0.3) is 5.91 Å². The molecule has 5 heteroatoms. The Hall–Kier alpha value is -1.83. The lowest BCUT2D eigenvalue weighted by Crippen LogP contribution is -2.10. The third-order valence-corrected chi connectivity index (χ3v) is 4.07. The first-order chi connectivity index (χ1) is 8.61. The molecule has 0 saturated heterocycles. The Bertz CT molecular complexity index is 625. The van der Waals surface area contributed by atoms with E-state index in [2.05, 4.69) is 5.32 Å². The molecule has 3 nitrogen and oxygen atoms in total. The van der Waals surface area contributed by atoms with Gasteiger partial charge in [0.1, 0.15) is 4.88 Å². The van der Waals surface area contributed by atoms with E-state index in [4.69, 9.17) is 16.9 Å². The summed E-state index contributed by atoms with van der Waals surface area (Å²) in [7, 11) is 0. The number of hydrogen-bond acceptors (Lipinski definition) is 3. The Morgan fingerprint density at radius 1 is 1.39 bits per heavy atom. The number of aryl methyl sites for hydroxylation is 1. The van der Waals surface area contributed by atoms with Crippen molar-refractivity contribution >= 4 is 34.5 Å². The molecular formula is C13H9ClN2OS. The summed E-state index contributed by atoms with van der Waals surface area (Å²) in [5.41, 5.74) is 2.09. The van der Waals surface area contributed by atoms with Gasteiger partial charge in [-0.2, -0.15) is 5.26 Å². The molecule has 1 N–H and O–H groups in total. The van der Waals surface area contributed by atoms with Crippen LogP contribution in [0.15, 0.2) is 29.6 Å². The maximum Gasteiger partial charge on any atom is 0.267 e. The molecule has 1 aromatic heterocycles. The Labute approximate surface area is 114 Å². The smallest absolute Gasteiger partial charge is 0.267 e. The number of nitriles is 1. The Balaban J connectivity index is 2.16. The topological polar surface area (TPSA) is 52.9 Å². The molecule has 0 spiro atoms. The van der Waals surface area contributed by atoms with Gasteiger partial charge in [-0.25, -0.2) is 0 Å². The van der Waals surface area contributed by atoms with Crippen molar-refractivity contribution in [3.8, 4) is 6.07 Å². The molecule has 0 aliphatic heterocycles. The Morgan fingerprint density at radius 3 is 2.56 bits per heavy atom. The van der Waals surface area contributed by atoms with E-state index >= 15 is 0 Å². The average Bonchev–Trinajstić information content (AvgIpc) is 2.71. The summed E-state index contributed by atoms with van der Waals surface area (Å²) in [4.78, 5) is 12.5. The molecule has 0 bridgehead atoms. The zero-order valence-electron chi connectivity index (χ0n) is 9.53. The molecule has 1 heterocycles. The molecule has 18 heavy (non-hydrogen) atoms. The number of anilines is 1. The van der Waals surface area contributed by atoms with E-state index in [9.17, 15) is 4.79 Å². The van der Waals surface area contributed by atoms with E-state index in [-0.39, 0.29) is 5.91 Å². The molecule has 1 aromatic carbocycles. The minimum absolute atomic E-state index is 0.234. The molecule has 90 valence electrons. The van der Waals surface area contributed by atoms with E-state index in [0.29, 0.717) is 21.2 Å². The Kier molecular flexibility index (Phi) is 3.66. The van der Waals surface area contributed by atoms with Crippen LogP contribution in [0.2, 0.25) is 5.02 Å². The number of amides is 1. The third kappa shape index (κ3) is 2.53. The SMILES string of the molecule is Cc1csc(C(=O)Nc2ccc(C#N)cc2)c1Cl. The van der Waals surface area contributed by atoms with E-state index in [1.165, 1.54) is 11.3 Å². The largest absolute Gasteiger partial charge is 0.321 e. The van der Waals surface area contributed by atoms with Gasteiger partial charge in [-0.3, -0.25) is 4.79 Å². The van der Waals surface area contributed by atoms with Crippen LogP contribution < -0.4 is 5.32 Å². The standard InChI is InChI=1S/C13H9ClN2OS/c1-8-7-18-12(11(8)14)13(17)16-10-4-2-9(6-15)3-5-10/h2-5,7H,1H3,(H,16,17). The zero-order chi connectivity index (χ0) is 13.1. The Morgan fingerprint density at radius 2 is 2.06 bits per heavy atom. The second-order valence-corrected chi connectivity index (χ2v) is 4.96. The summed E-state index contributed by atoms with van der Waals surface area (Å²) in [6, 6.07) is 8.69. The number of thiophene rings is 1. The fourth-order valence-electron chi connectivity index (χ4n) is 1.40. The fourth-order valence-corrected chi connectivity index (χ4v) is 2.57. The van der Waals surface area contributed by atoms with Crippen LogP contribution in [-0.2, 0) is 0 Å². The molecule has 2 rings (SSSR count). The van der Waals surface area contributed by atoms with Crippen molar-refractivity contribution in [2.75, 3.05) is 5.32 Å². The summed E-state index contributed by atoms with van der Waals surface area (Å²) in [5, 5.41) is 13.8. The van der Waals surface area contributed by atoms with Crippen molar-refractivity contribution in [3.63, 3.8) is 0 Å². The highest BCUT2D eigenvalue weighted by Gasteiger charge is 2.14. The number of rotatable bonds is 2. The summed E-state index contributed by atoms with van der Waals surface area (Å²) >= 11 is 7.34. The van der Waals surface area contributed by atoms with Crippen LogP contribution in [0.4, 0.5) is 5.69 Å². The van der Waals surface area contributed by atoms with Gasteiger partial charge in [-0.05, 0) is 42.1 Å². The number of carbonyl (C=O) groups excluding carboxylic acids is 1. The maximum atomic E-state index is 12.0. The van der Waals surface area contributed by atoms with Gasteiger partial charge >= 0.3 is 0 Å². The molecule has 0 aliphatic carbocycles. The second kappa shape index (κ2) is 5.21. The van der Waals surface area contributed by atoms with Crippen molar-refractivity contribution in [1.82, 2.24) is 0 Å². The lowest BCUT2D eigenvalue weighted by Gasteiger charge is -2.03. The lowest BCUT2D eigenvalue weighted by molar-refractivity contribution is 0.103. The van der Waals surface area contributed by atoms with Gasteiger partial charge in [0, 0.05) is 5.69 Å². The minimum atomic E-state index is -0.234. The maximum absolute atomic E-state index is 12.0. The van der Waals surface area contributed by atoms with Crippen LogP contribution in [0, 0.1) is 18.3 Å². The van der Waals surface area contributed by atoms with Crippen molar-refractivity contribution < 1.29 is 4.79 Å². The van der Waals surface area contributed by atoms with Crippen LogP contribution in [0.25, 0.3) is 0 Å². The second-order valence-electron chi connectivity index (χ2n) is 3.71. The molecular weight excluding hydrogens is 268 g/mol. The number of halogens is 1. The van der Waals surface area contributed by atoms with Crippen molar-refractivity contribution in [3.05, 3.63) is 50.7 Å². The highest BCUT2D eigenvalue weighted by molar-refractivity contribution is 7.13. The lowest BCUT2D eigenvalue weighted by atomic mass is 10.2. The first kappa shape index (κ1) is 12.6. The summed E-state index contributed by atoms with van der Waals surface area (Å²) in [6.07, 6.45) is 0. The fraction of sp³-hybridized carbons (Fsp3) is 0.0769. The van der Waals surface area contributed by atoms with E-state index in [0.717, 1.165) is 5.56 Å². The van der Waals surface area contributed by atoms with Gasteiger partial charge in [-0.15, -0.1) is 11.3 Å². The molecule has 0 radical (unpaired) electrons. The van der Waals surface area contributed by atoms with E-state index in [1.807, 2.05) is 18.4 Å². The predicted octanol–water partition coefficient (Wildman–Crippen LogP) is 3.83. The van der Waals surface area contributed by atoms with Crippen molar-refractivity contribution in [2.24, 2.45) is 0 Å². The summed E-state index contributed by atoms with van der Waals surface area (Å²) in [5.74, 6) is -0.234. The van der Waals surface area contributed by atoms with Crippen molar-refractivity contribution in [1.29, 1.82) is 5.26 Å². The van der Waals surface area contributed by atoms with Crippen LogP contribution >= 0.6 is 22.9 Å². The number of benzene rings is 1. The number of nitrogens with zero attached hydrogens (tertiary/aromatic N) is 1. The molecule has 0 atom stereocenters. The van der Waals surface area contributed by atoms with Crippen LogP contribution in [0.3, 0.4) is 0 Å². The van der Waals surface area contributed by atoms with Crippen LogP contribution in [0.5, 0.6) is 0 Å². The summed E-state index contributed by atoms with van der Waals surface area (Å²) < 4.78 is 0. The zero-order valence-corrected chi connectivity index (χ0v) is 11.1. The number of nitrogens with one attached hydrogen (secondary N) is 1. The highest BCUT2D eigenvalue weighted by atomic mass is 35.5. The molecule has 0 saturated carbocycles. The van der Waals surface area contributed by atoms with Crippen LogP contribution in [0.1, 0.15) is 20.8 Å². The van der Waals surface area contributed by atoms with Gasteiger partial charge in [0.2, 0.25) is 0 Å². The molecule has 0 aliphatic rings. The monoisotopic (exact) mass is 276 g/mol. The predicted molar refractivity (Wildman–Crippen MR) is 73.2 cm³/mol. The molecule has 0 unspecified atom stereocenters. The number of carbonyl (C=O) groups is 1. The van der Waals surface area contributed by atoms with Crippen molar-refractivity contribution in [2.45, 2.75) is 6.92 Å². The quantitative estimate of drug-likeness (QED) is 0.906. The summed E-state index contributed by atoms with van der Waals surface area (Å²) in [6.45, 7) is 1.86. The molecule has 1 amide bonds. The first-order valence-electron chi connectivity index (χ1n) is 5.17. The highest BCUT2D eigenvalue weighted by Crippen LogP contribution is 2.27. The normalized spacial score (nSPS) is 9.83. The molecule has 0 fully saturated rings. The minimum Gasteiger partial charge on any atom is -0.321 e. The molecule has 2 aromatic rings. The van der Waals surface area contributed by atoms with Gasteiger partial charge in [0.05, 0.1) is 16.7 Å².